The third kappa shape index (κ3) is 21.5. The van der Waals surface area contributed by atoms with Gasteiger partial charge in [0.1, 0.15) is 0 Å². The van der Waals surface area contributed by atoms with Gasteiger partial charge >= 0.3 is 103 Å². The first kappa shape index (κ1) is 28.3. The van der Waals surface area contributed by atoms with E-state index >= 15 is 0 Å². The molecule has 0 aliphatic rings. The molecule has 0 N–H and O–H groups in total. The number of nitrogens with zero attached hydrogens (tertiary/aromatic N) is 1. The molecule has 11 heteroatoms. The SMILES string of the molecule is CCCCCCCN(CP(=O)([O-])[O-])CP(=O)([O-])[O-].[K+].[K+]. The third-order valence-electron chi connectivity index (χ3n) is 2.32. The van der Waals surface area contributed by atoms with Crippen LogP contribution in [0.3, 0.4) is 0 Å². The molecule has 0 atom stereocenters. The van der Waals surface area contributed by atoms with Gasteiger partial charge in [0.15, 0.2) is 0 Å². The Morgan fingerprint density at radius 3 is 1.55 bits per heavy atom. The zero-order valence-electron chi connectivity index (χ0n) is 12.4. The van der Waals surface area contributed by atoms with E-state index in [1.54, 1.807) is 0 Å². The largest absolute Gasteiger partial charge is 1.00 e. The van der Waals surface area contributed by atoms with Gasteiger partial charge in [0, 0.05) is 12.6 Å². The molecule has 0 saturated carbocycles. The minimum Gasteiger partial charge on any atom is -0.810 e. The molecule has 0 fully saturated rings. The number of hydrogen-bond donors (Lipinski definition) is 0. The van der Waals surface area contributed by atoms with Crippen LogP contribution in [-0.2, 0) is 9.13 Å². The van der Waals surface area contributed by atoms with E-state index in [0.29, 0.717) is 6.42 Å². The van der Waals surface area contributed by atoms with Gasteiger partial charge in [0.25, 0.3) is 0 Å². The normalized spacial score (nSPS) is 11.9. The second kappa shape index (κ2) is 14.8. The van der Waals surface area contributed by atoms with Crippen LogP contribution in [0.5, 0.6) is 0 Å². The Kier molecular flexibility index (Phi) is 21.0. The zero-order chi connectivity index (χ0) is 14.2. The zero-order valence-corrected chi connectivity index (χ0v) is 20.5. The Bertz CT molecular complexity index is 298. The molecule has 0 aromatic rings. The molecule has 0 aliphatic heterocycles. The smallest absolute Gasteiger partial charge is 0.810 e. The Balaban J connectivity index is -0.00000144. The van der Waals surface area contributed by atoms with Crippen LogP contribution in [0.15, 0.2) is 0 Å². The maximum atomic E-state index is 10.6. The Morgan fingerprint density at radius 2 is 1.20 bits per heavy atom. The van der Waals surface area contributed by atoms with Crippen molar-refractivity contribution in [3.63, 3.8) is 0 Å². The van der Waals surface area contributed by atoms with Crippen molar-refractivity contribution in [2.45, 2.75) is 39.0 Å². The van der Waals surface area contributed by atoms with Gasteiger partial charge < -0.3 is 28.7 Å². The molecule has 0 aliphatic carbocycles. The van der Waals surface area contributed by atoms with E-state index in [1.807, 2.05) is 6.92 Å². The van der Waals surface area contributed by atoms with Crippen LogP contribution in [0.4, 0.5) is 0 Å². The first-order valence-electron chi connectivity index (χ1n) is 5.88. The summed E-state index contributed by atoms with van der Waals surface area (Å²) < 4.78 is 21.2. The van der Waals surface area contributed by atoms with Crippen molar-refractivity contribution in [3.8, 4) is 0 Å². The van der Waals surface area contributed by atoms with Gasteiger partial charge in [-0.3, -0.25) is 4.90 Å². The molecule has 0 aromatic carbocycles. The summed E-state index contributed by atoms with van der Waals surface area (Å²) in [6.07, 6.45) is 2.63. The second-order valence-corrected chi connectivity index (χ2v) is 7.32. The fourth-order valence-corrected chi connectivity index (χ4v) is 3.24. The van der Waals surface area contributed by atoms with Crippen molar-refractivity contribution >= 4 is 15.2 Å². The van der Waals surface area contributed by atoms with E-state index in [0.717, 1.165) is 30.6 Å². The molecular weight excluding hydrogens is 358 g/mol. The topological polar surface area (TPSA) is 130 Å². The molecule has 20 heavy (non-hydrogen) atoms. The Morgan fingerprint density at radius 1 is 0.800 bits per heavy atom. The van der Waals surface area contributed by atoms with Crippen molar-refractivity contribution < 1.29 is 131 Å². The minimum atomic E-state index is -4.84. The first-order valence-corrected chi connectivity index (χ1v) is 9.34. The van der Waals surface area contributed by atoms with Crippen LogP contribution in [-0.4, -0.2) is 24.0 Å². The van der Waals surface area contributed by atoms with E-state index in [-0.39, 0.29) is 109 Å². The molecule has 0 radical (unpaired) electrons. The summed E-state index contributed by atoms with van der Waals surface area (Å²) in [5, 5.41) is 0. The van der Waals surface area contributed by atoms with Crippen molar-refractivity contribution in [3.05, 3.63) is 0 Å². The van der Waals surface area contributed by atoms with Gasteiger partial charge in [-0.2, -0.15) is 0 Å². The van der Waals surface area contributed by atoms with Crippen molar-refractivity contribution in [1.29, 1.82) is 0 Å². The summed E-state index contributed by atoms with van der Waals surface area (Å²) >= 11 is 0. The van der Waals surface area contributed by atoms with Gasteiger partial charge in [-0.25, -0.2) is 0 Å². The summed E-state index contributed by atoms with van der Waals surface area (Å²) in [6, 6.07) is 0. The van der Waals surface area contributed by atoms with E-state index in [9.17, 15) is 28.7 Å². The van der Waals surface area contributed by atoms with Crippen LogP contribution in [0, 0.1) is 0 Å². The summed E-state index contributed by atoms with van der Waals surface area (Å²) in [6.45, 7) is 2.18. The second-order valence-electron chi connectivity index (χ2n) is 4.31. The van der Waals surface area contributed by atoms with Crippen molar-refractivity contribution in [2.75, 3.05) is 19.1 Å². The van der Waals surface area contributed by atoms with Crippen LogP contribution in [0.25, 0.3) is 0 Å². The molecule has 0 saturated heterocycles. The molecule has 0 aromatic heterocycles. The third-order valence-corrected chi connectivity index (χ3v) is 3.82. The average molecular weight is 377 g/mol. The predicted octanol–water partition coefficient (Wildman–Crippen LogP) is -6.99. The summed E-state index contributed by atoms with van der Waals surface area (Å²) in [7, 11) is -9.68. The standard InChI is InChI=1S/C9H23NO6P2.2K/c1-2-3-4-5-6-7-10(8-17(11,12)13)9-18(14,15)16;;/h2-9H2,1H3,(H2,11,12,13)(H2,14,15,16);;/q;2*+1/p-4. The molecule has 0 spiro atoms. The Labute approximate surface area is 205 Å². The number of hydrogen-bond acceptors (Lipinski definition) is 7. The van der Waals surface area contributed by atoms with Crippen LogP contribution in [0.1, 0.15) is 39.0 Å². The van der Waals surface area contributed by atoms with E-state index in [4.69, 9.17) is 0 Å². The maximum absolute atomic E-state index is 10.6. The fourth-order valence-electron chi connectivity index (χ4n) is 1.62. The maximum Gasteiger partial charge on any atom is 1.00 e. The molecular formula is C9H19K2NO6P2-2. The molecule has 0 rings (SSSR count). The molecule has 0 heterocycles. The van der Waals surface area contributed by atoms with E-state index in [2.05, 4.69) is 0 Å². The molecule has 110 valence electrons. The molecule has 7 nitrogen and oxygen atoms in total. The molecule has 0 amide bonds. The van der Waals surface area contributed by atoms with Gasteiger partial charge in [-0.05, 0) is 13.0 Å². The van der Waals surface area contributed by atoms with Crippen LogP contribution in [0.2, 0.25) is 0 Å². The van der Waals surface area contributed by atoms with Gasteiger partial charge in [-0.1, -0.05) is 47.8 Å². The summed E-state index contributed by atoms with van der Waals surface area (Å²) in [4.78, 5) is 43.3. The van der Waals surface area contributed by atoms with Crippen LogP contribution >= 0.6 is 15.2 Å². The fraction of sp³-hybridized carbons (Fsp3) is 1.00. The summed E-state index contributed by atoms with van der Waals surface area (Å²) in [5.41, 5.74) is 0. The predicted molar refractivity (Wildman–Crippen MR) is 60.4 cm³/mol. The van der Waals surface area contributed by atoms with Crippen LogP contribution < -0.4 is 122 Å². The van der Waals surface area contributed by atoms with Crippen molar-refractivity contribution in [2.24, 2.45) is 0 Å². The molecule has 0 unspecified atom stereocenters. The quantitative estimate of drug-likeness (QED) is 0.210. The van der Waals surface area contributed by atoms with Crippen molar-refractivity contribution in [1.82, 2.24) is 4.90 Å². The summed E-state index contributed by atoms with van der Waals surface area (Å²) in [5.74, 6) is 0. The Hall–Kier alpha value is 3.53. The van der Waals surface area contributed by atoms with E-state index in [1.165, 1.54) is 0 Å². The molecule has 0 bridgehead atoms. The first-order chi connectivity index (χ1) is 8.14. The van der Waals surface area contributed by atoms with Gasteiger partial charge in [0.05, 0.1) is 0 Å². The number of rotatable bonds is 10. The number of unbranched alkanes of at least 4 members (excludes halogenated alkanes) is 4. The average Bonchev–Trinajstić information content (AvgIpc) is 2.12. The van der Waals surface area contributed by atoms with E-state index < -0.39 is 27.8 Å². The van der Waals surface area contributed by atoms with Gasteiger partial charge in [0.2, 0.25) is 0 Å². The van der Waals surface area contributed by atoms with Gasteiger partial charge in [-0.15, -0.1) is 0 Å². The monoisotopic (exact) mass is 377 g/mol. The minimum absolute atomic E-state index is 0.